The van der Waals surface area contributed by atoms with Gasteiger partial charge in [0.05, 0.1) is 11.0 Å². The summed E-state index contributed by atoms with van der Waals surface area (Å²) in [4.78, 5) is 45.5. The molecule has 0 unspecified atom stereocenters. The van der Waals surface area contributed by atoms with Gasteiger partial charge in [0.1, 0.15) is 5.69 Å². The van der Waals surface area contributed by atoms with Crippen LogP contribution in [0.25, 0.3) is 33.3 Å². The molecule has 0 saturated heterocycles. The third kappa shape index (κ3) is 5.73. The quantitative estimate of drug-likeness (QED) is 0.203. The minimum Gasteiger partial charge on any atom is -0.349 e. The Labute approximate surface area is 230 Å². The number of carbonyl (C=O) groups is 2. The van der Waals surface area contributed by atoms with Crippen molar-refractivity contribution in [2.45, 2.75) is 25.3 Å². The standard InChI is InChI=1S/C31H27N7O2/c39-28(38-31-32-14-15-33-31)18-24(12-10-20-6-2-1-3-7-20)35-30(40)22-11-13-25-26(17-22)37-29(36-25)27-16-21-8-4-5-9-23(21)19-34-27/h1-9,11,13-17,19,24H,10,12,18H2,(H,35,40)(H,36,37)(H2,32,33,38,39)/t24-/m1/s1. The number of carbonyl (C=O) groups excluding carboxylic acids is 2. The van der Waals surface area contributed by atoms with Crippen molar-refractivity contribution in [2.24, 2.45) is 0 Å². The van der Waals surface area contributed by atoms with Gasteiger partial charge in [-0.05, 0) is 48.1 Å². The molecule has 9 heteroatoms. The van der Waals surface area contributed by atoms with Gasteiger partial charge in [-0.25, -0.2) is 9.97 Å². The van der Waals surface area contributed by atoms with Crippen LogP contribution in [0.15, 0.2) is 97.5 Å². The van der Waals surface area contributed by atoms with Crippen molar-refractivity contribution >= 4 is 39.6 Å². The van der Waals surface area contributed by atoms with Crippen LogP contribution in [0.5, 0.6) is 0 Å². The number of pyridine rings is 1. The molecule has 40 heavy (non-hydrogen) atoms. The van der Waals surface area contributed by atoms with E-state index < -0.39 is 0 Å². The number of hydrogen-bond acceptors (Lipinski definition) is 5. The zero-order valence-corrected chi connectivity index (χ0v) is 21.6. The van der Waals surface area contributed by atoms with Crippen LogP contribution in [0.3, 0.4) is 0 Å². The maximum absolute atomic E-state index is 13.3. The summed E-state index contributed by atoms with van der Waals surface area (Å²) in [7, 11) is 0. The molecule has 6 aromatic rings. The number of amides is 2. The minimum absolute atomic E-state index is 0.113. The van der Waals surface area contributed by atoms with Gasteiger partial charge in [0.15, 0.2) is 5.82 Å². The molecule has 9 nitrogen and oxygen atoms in total. The lowest BCUT2D eigenvalue weighted by molar-refractivity contribution is -0.116. The Balaban J connectivity index is 1.19. The van der Waals surface area contributed by atoms with Crippen LogP contribution in [0.1, 0.15) is 28.8 Å². The van der Waals surface area contributed by atoms with Crippen LogP contribution in [0, 0.1) is 0 Å². The number of benzene rings is 3. The fourth-order valence-corrected chi connectivity index (χ4v) is 4.70. The van der Waals surface area contributed by atoms with Gasteiger partial charge in [-0.1, -0.05) is 54.6 Å². The lowest BCUT2D eigenvalue weighted by Gasteiger charge is -2.18. The molecule has 1 atom stereocenters. The minimum atomic E-state index is -0.380. The fourth-order valence-electron chi connectivity index (χ4n) is 4.70. The molecule has 0 aliphatic rings. The predicted molar refractivity (Wildman–Crippen MR) is 155 cm³/mol. The van der Waals surface area contributed by atoms with Crippen molar-refractivity contribution in [3.8, 4) is 11.5 Å². The highest BCUT2D eigenvalue weighted by atomic mass is 16.2. The SMILES string of the molecule is O=C(C[C@@H](CCc1ccccc1)NC(=O)c1ccc2[nH]c(-c3cc4ccccc4cn3)nc2c1)Nc1ncc[nH]1. The zero-order chi connectivity index (χ0) is 27.3. The Kier molecular flexibility index (Phi) is 7.00. The molecule has 0 fully saturated rings. The van der Waals surface area contributed by atoms with Crippen LogP contribution in [-0.2, 0) is 11.2 Å². The first-order chi connectivity index (χ1) is 19.6. The third-order valence-corrected chi connectivity index (χ3v) is 6.77. The summed E-state index contributed by atoms with van der Waals surface area (Å²) in [6.45, 7) is 0. The summed E-state index contributed by atoms with van der Waals surface area (Å²) in [6.07, 6.45) is 6.47. The second-order valence-electron chi connectivity index (χ2n) is 9.62. The summed E-state index contributed by atoms with van der Waals surface area (Å²) in [5, 5.41) is 7.93. The van der Waals surface area contributed by atoms with Gasteiger partial charge in [-0.3, -0.25) is 19.9 Å². The Hall–Kier alpha value is -5.31. The van der Waals surface area contributed by atoms with Crippen LogP contribution in [0.4, 0.5) is 5.95 Å². The number of anilines is 1. The number of nitrogens with zero attached hydrogens (tertiary/aromatic N) is 3. The highest BCUT2D eigenvalue weighted by Crippen LogP contribution is 2.23. The number of H-pyrrole nitrogens is 2. The van der Waals surface area contributed by atoms with Gasteiger partial charge < -0.3 is 15.3 Å². The maximum Gasteiger partial charge on any atom is 0.251 e. The highest BCUT2D eigenvalue weighted by molar-refractivity contribution is 5.98. The van der Waals surface area contributed by atoms with Crippen molar-refractivity contribution in [2.75, 3.05) is 5.32 Å². The van der Waals surface area contributed by atoms with Crippen LogP contribution in [-0.4, -0.2) is 42.8 Å². The fraction of sp³-hybridized carbons (Fsp3) is 0.129. The topological polar surface area (TPSA) is 128 Å². The molecule has 6 rings (SSSR count). The first kappa shape index (κ1) is 25.0. The molecular formula is C31H27N7O2. The van der Waals surface area contributed by atoms with E-state index in [1.165, 1.54) is 0 Å². The Morgan fingerprint density at radius 1 is 0.900 bits per heavy atom. The highest BCUT2D eigenvalue weighted by Gasteiger charge is 2.19. The van der Waals surface area contributed by atoms with E-state index in [2.05, 4.69) is 30.6 Å². The van der Waals surface area contributed by atoms with Crippen LogP contribution < -0.4 is 10.6 Å². The average Bonchev–Trinajstić information content (AvgIpc) is 3.65. The molecule has 3 aromatic heterocycles. The van der Waals surface area contributed by atoms with Crippen molar-refractivity contribution in [3.63, 3.8) is 0 Å². The second-order valence-corrected chi connectivity index (χ2v) is 9.62. The largest absolute Gasteiger partial charge is 0.349 e. The van der Waals surface area contributed by atoms with Gasteiger partial charge in [0, 0.05) is 42.0 Å². The molecule has 0 bridgehead atoms. The van der Waals surface area contributed by atoms with Gasteiger partial charge in [-0.15, -0.1) is 0 Å². The zero-order valence-electron chi connectivity index (χ0n) is 21.6. The summed E-state index contributed by atoms with van der Waals surface area (Å²) >= 11 is 0. The summed E-state index contributed by atoms with van der Waals surface area (Å²) < 4.78 is 0. The number of aryl methyl sites for hydroxylation is 1. The van der Waals surface area contributed by atoms with E-state index in [1.807, 2.05) is 72.9 Å². The number of aromatic amines is 2. The number of aromatic nitrogens is 5. The molecule has 3 heterocycles. The van der Waals surface area contributed by atoms with E-state index in [0.717, 1.165) is 34.0 Å². The molecule has 0 saturated carbocycles. The smallest absolute Gasteiger partial charge is 0.251 e. The summed E-state index contributed by atoms with van der Waals surface area (Å²) in [5.74, 6) is 0.509. The molecule has 0 aliphatic heterocycles. The average molecular weight is 530 g/mol. The molecular weight excluding hydrogens is 502 g/mol. The Bertz CT molecular complexity index is 1780. The first-order valence-electron chi connectivity index (χ1n) is 13.1. The maximum atomic E-state index is 13.3. The second kappa shape index (κ2) is 11.2. The molecule has 2 amide bonds. The Morgan fingerprint density at radius 2 is 1.73 bits per heavy atom. The van der Waals surface area contributed by atoms with Crippen molar-refractivity contribution < 1.29 is 9.59 Å². The summed E-state index contributed by atoms with van der Waals surface area (Å²) in [5.41, 5.74) is 3.80. The first-order valence-corrected chi connectivity index (χ1v) is 13.1. The Morgan fingerprint density at radius 3 is 2.55 bits per heavy atom. The van der Waals surface area contributed by atoms with E-state index in [9.17, 15) is 9.59 Å². The summed E-state index contributed by atoms with van der Waals surface area (Å²) in [6, 6.07) is 25.0. The van der Waals surface area contributed by atoms with Crippen molar-refractivity contribution in [3.05, 3.63) is 109 Å². The third-order valence-electron chi connectivity index (χ3n) is 6.77. The number of hydrogen-bond donors (Lipinski definition) is 4. The lowest BCUT2D eigenvalue weighted by Crippen LogP contribution is -2.38. The van der Waals surface area contributed by atoms with Gasteiger partial charge in [-0.2, -0.15) is 0 Å². The number of fused-ring (bicyclic) bond motifs is 2. The van der Waals surface area contributed by atoms with E-state index in [-0.39, 0.29) is 24.3 Å². The molecule has 0 radical (unpaired) electrons. The number of rotatable bonds is 9. The van der Waals surface area contributed by atoms with E-state index >= 15 is 0 Å². The number of nitrogens with one attached hydrogen (secondary N) is 4. The van der Waals surface area contributed by atoms with E-state index in [4.69, 9.17) is 4.98 Å². The molecule has 0 spiro atoms. The molecule has 4 N–H and O–H groups in total. The monoisotopic (exact) mass is 529 g/mol. The van der Waals surface area contributed by atoms with Crippen molar-refractivity contribution in [1.82, 2.24) is 30.2 Å². The molecule has 0 aliphatic carbocycles. The van der Waals surface area contributed by atoms with E-state index in [1.54, 1.807) is 24.5 Å². The van der Waals surface area contributed by atoms with Crippen LogP contribution in [0.2, 0.25) is 0 Å². The lowest BCUT2D eigenvalue weighted by atomic mass is 10.0. The van der Waals surface area contributed by atoms with Gasteiger partial charge >= 0.3 is 0 Å². The van der Waals surface area contributed by atoms with E-state index in [0.29, 0.717) is 29.3 Å². The predicted octanol–water partition coefficient (Wildman–Crippen LogP) is 5.26. The normalized spacial score (nSPS) is 11.9. The van der Waals surface area contributed by atoms with Gasteiger partial charge in [0.25, 0.3) is 5.91 Å². The molecule has 3 aromatic carbocycles. The van der Waals surface area contributed by atoms with Crippen molar-refractivity contribution in [1.29, 1.82) is 0 Å². The number of imidazole rings is 2. The van der Waals surface area contributed by atoms with Gasteiger partial charge in [0.2, 0.25) is 11.9 Å². The molecule has 198 valence electrons. The van der Waals surface area contributed by atoms with Crippen LogP contribution >= 0.6 is 0 Å².